The van der Waals surface area contributed by atoms with Crippen LogP contribution in [0.4, 0.5) is 0 Å². The van der Waals surface area contributed by atoms with Gasteiger partial charge in [0.05, 0.1) is 6.10 Å². The normalized spacial score (nSPS) is 19.8. The number of carbonyl (C=O) groups is 1. The van der Waals surface area contributed by atoms with Gasteiger partial charge >= 0.3 is 0 Å². The molecular weight excluding hydrogens is 412 g/mol. The van der Waals surface area contributed by atoms with Crippen LogP contribution < -0.4 is 4.74 Å². The number of rotatable bonds is 9. The van der Waals surface area contributed by atoms with Gasteiger partial charge in [-0.2, -0.15) is 0 Å². The van der Waals surface area contributed by atoms with Gasteiger partial charge in [0.2, 0.25) is 0 Å². The number of nitrogens with zero attached hydrogens (tertiary/aromatic N) is 2. The van der Waals surface area contributed by atoms with E-state index in [-0.39, 0.29) is 12.0 Å². The summed E-state index contributed by atoms with van der Waals surface area (Å²) in [5, 5.41) is 0. The van der Waals surface area contributed by atoms with E-state index < -0.39 is 0 Å². The van der Waals surface area contributed by atoms with E-state index in [2.05, 4.69) is 35.2 Å². The SMILES string of the molecule is CN(CC[C@H]1CCCCO1)C(=O)c1ccc(OC2CCN(CCc3ccccc3)CC2)cc1. The first-order valence-corrected chi connectivity index (χ1v) is 12.6. The van der Waals surface area contributed by atoms with Crippen molar-refractivity contribution < 1.29 is 14.3 Å². The van der Waals surface area contributed by atoms with Crippen LogP contribution in [0.2, 0.25) is 0 Å². The molecule has 0 N–H and O–H groups in total. The molecule has 1 atom stereocenters. The summed E-state index contributed by atoms with van der Waals surface area (Å²) in [7, 11) is 1.88. The fourth-order valence-electron chi connectivity index (χ4n) is 4.75. The second-order valence-corrected chi connectivity index (χ2v) is 9.42. The van der Waals surface area contributed by atoms with Gasteiger partial charge in [0, 0.05) is 45.4 Å². The van der Waals surface area contributed by atoms with Gasteiger partial charge in [-0.1, -0.05) is 30.3 Å². The summed E-state index contributed by atoms with van der Waals surface area (Å²) in [4.78, 5) is 17.1. The van der Waals surface area contributed by atoms with Crippen molar-refractivity contribution in [3.8, 4) is 5.75 Å². The molecule has 2 aliphatic heterocycles. The smallest absolute Gasteiger partial charge is 0.253 e. The highest BCUT2D eigenvalue weighted by atomic mass is 16.5. The van der Waals surface area contributed by atoms with Crippen LogP contribution in [0.5, 0.6) is 5.75 Å². The Bertz CT molecular complexity index is 841. The summed E-state index contributed by atoms with van der Waals surface area (Å²) in [5.41, 5.74) is 2.11. The molecule has 0 bridgehead atoms. The standard InChI is InChI=1S/C28H38N2O3/c1-29(18-15-25-9-5-6-22-32-25)28(31)24-10-12-26(13-11-24)33-27-16-20-30(21-17-27)19-14-23-7-3-2-4-8-23/h2-4,7-8,10-13,25,27H,5-6,9,14-22H2,1H3/t25-/m1/s1. The molecule has 1 amide bonds. The predicted octanol–water partition coefficient (Wildman–Crippen LogP) is 4.80. The molecule has 0 aliphatic carbocycles. The van der Waals surface area contributed by atoms with Gasteiger partial charge in [-0.25, -0.2) is 0 Å². The van der Waals surface area contributed by atoms with Crippen molar-refractivity contribution >= 4 is 5.91 Å². The zero-order chi connectivity index (χ0) is 22.9. The molecule has 2 aromatic carbocycles. The lowest BCUT2D eigenvalue weighted by atomic mass is 10.1. The van der Waals surface area contributed by atoms with Gasteiger partial charge in [-0.05, 0) is 74.8 Å². The topological polar surface area (TPSA) is 42.0 Å². The third-order valence-corrected chi connectivity index (χ3v) is 6.91. The van der Waals surface area contributed by atoms with Gasteiger partial charge in [-0.15, -0.1) is 0 Å². The number of ether oxygens (including phenoxy) is 2. The van der Waals surface area contributed by atoms with Gasteiger partial charge < -0.3 is 19.3 Å². The van der Waals surface area contributed by atoms with Crippen molar-refractivity contribution in [1.29, 1.82) is 0 Å². The fourth-order valence-corrected chi connectivity index (χ4v) is 4.75. The van der Waals surface area contributed by atoms with E-state index in [0.717, 1.165) is 77.1 Å². The molecule has 0 spiro atoms. The number of hydrogen-bond donors (Lipinski definition) is 0. The minimum atomic E-state index is 0.0593. The van der Waals surface area contributed by atoms with Crippen LogP contribution in [0, 0.1) is 0 Å². The van der Waals surface area contributed by atoms with Crippen molar-refractivity contribution in [1.82, 2.24) is 9.80 Å². The third kappa shape index (κ3) is 7.31. The quantitative estimate of drug-likeness (QED) is 0.550. The Balaban J connectivity index is 1.17. The van der Waals surface area contributed by atoms with Crippen LogP contribution in [0.15, 0.2) is 54.6 Å². The molecule has 2 heterocycles. The predicted molar refractivity (Wildman–Crippen MR) is 132 cm³/mol. The summed E-state index contributed by atoms with van der Waals surface area (Å²) >= 11 is 0. The lowest BCUT2D eigenvalue weighted by molar-refractivity contribution is 0.00709. The van der Waals surface area contributed by atoms with Gasteiger partial charge in [0.1, 0.15) is 11.9 Å². The number of benzene rings is 2. The van der Waals surface area contributed by atoms with E-state index in [0.29, 0.717) is 11.7 Å². The van der Waals surface area contributed by atoms with E-state index in [4.69, 9.17) is 9.47 Å². The first-order valence-electron chi connectivity index (χ1n) is 12.6. The number of carbonyl (C=O) groups excluding carboxylic acids is 1. The Hall–Kier alpha value is -2.37. The highest BCUT2D eigenvalue weighted by Gasteiger charge is 2.21. The minimum absolute atomic E-state index is 0.0593. The molecule has 2 aliphatic rings. The first-order chi connectivity index (χ1) is 16.2. The van der Waals surface area contributed by atoms with Crippen molar-refractivity contribution in [3.63, 3.8) is 0 Å². The Kier molecular flexibility index (Phi) is 8.79. The Morgan fingerprint density at radius 1 is 1.03 bits per heavy atom. The average molecular weight is 451 g/mol. The van der Waals surface area contributed by atoms with Gasteiger partial charge in [0.15, 0.2) is 0 Å². The zero-order valence-electron chi connectivity index (χ0n) is 20.0. The number of hydrogen-bond acceptors (Lipinski definition) is 4. The molecule has 2 aromatic rings. The third-order valence-electron chi connectivity index (χ3n) is 6.91. The molecule has 0 aromatic heterocycles. The van der Waals surface area contributed by atoms with Crippen LogP contribution >= 0.6 is 0 Å². The van der Waals surface area contributed by atoms with Crippen LogP contribution in [-0.2, 0) is 11.2 Å². The monoisotopic (exact) mass is 450 g/mol. The molecule has 2 fully saturated rings. The largest absolute Gasteiger partial charge is 0.490 e. The van der Waals surface area contributed by atoms with Gasteiger partial charge in [-0.3, -0.25) is 4.79 Å². The maximum Gasteiger partial charge on any atom is 0.253 e. The highest BCUT2D eigenvalue weighted by molar-refractivity contribution is 5.94. The van der Waals surface area contributed by atoms with Crippen molar-refractivity contribution in [2.45, 2.75) is 57.2 Å². The summed E-state index contributed by atoms with van der Waals surface area (Å²) < 4.78 is 12.0. The maximum atomic E-state index is 12.8. The molecule has 0 radical (unpaired) electrons. The summed E-state index contributed by atoms with van der Waals surface area (Å²) in [6, 6.07) is 18.3. The second-order valence-electron chi connectivity index (χ2n) is 9.42. The lowest BCUT2D eigenvalue weighted by Gasteiger charge is -2.32. The molecular formula is C28H38N2O3. The van der Waals surface area contributed by atoms with Crippen LogP contribution in [-0.4, -0.2) is 67.7 Å². The van der Waals surface area contributed by atoms with E-state index >= 15 is 0 Å². The van der Waals surface area contributed by atoms with E-state index in [1.165, 1.54) is 12.0 Å². The number of amides is 1. The molecule has 5 heteroatoms. The maximum absolute atomic E-state index is 12.8. The Labute approximate surface area is 198 Å². The Morgan fingerprint density at radius 2 is 1.79 bits per heavy atom. The second kappa shape index (κ2) is 12.2. The molecule has 178 valence electrons. The first kappa shape index (κ1) is 23.8. The number of piperidine rings is 1. The van der Waals surface area contributed by atoms with E-state index in [9.17, 15) is 4.79 Å². The van der Waals surface area contributed by atoms with Crippen molar-refractivity contribution in [2.24, 2.45) is 0 Å². The summed E-state index contributed by atoms with van der Waals surface area (Å²) in [6.07, 6.45) is 8.15. The minimum Gasteiger partial charge on any atom is -0.490 e. The molecule has 0 saturated carbocycles. The van der Waals surface area contributed by atoms with E-state index in [1.54, 1.807) is 4.90 Å². The number of likely N-dealkylation sites (tertiary alicyclic amines) is 1. The fraction of sp³-hybridized carbons (Fsp3) is 0.536. The van der Waals surface area contributed by atoms with Gasteiger partial charge in [0.25, 0.3) is 5.91 Å². The van der Waals surface area contributed by atoms with Crippen LogP contribution in [0.3, 0.4) is 0 Å². The van der Waals surface area contributed by atoms with Crippen molar-refractivity contribution in [3.05, 3.63) is 65.7 Å². The van der Waals surface area contributed by atoms with Crippen LogP contribution in [0.25, 0.3) is 0 Å². The molecule has 2 saturated heterocycles. The average Bonchev–Trinajstić information content (AvgIpc) is 2.88. The summed E-state index contributed by atoms with van der Waals surface area (Å²) in [5.74, 6) is 0.914. The lowest BCUT2D eigenvalue weighted by Crippen LogP contribution is -2.39. The molecule has 4 rings (SSSR count). The van der Waals surface area contributed by atoms with E-state index in [1.807, 2.05) is 31.3 Å². The molecule has 33 heavy (non-hydrogen) atoms. The van der Waals surface area contributed by atoms with Crippen LogP contribution in [0.1, 0.15) is 54.4 Å². The van der Waals surface area contributed by atoms with Crippen molar-refractivity contribution in [2.75, 3.05) is 39.8 Å². The molecule has 0 unspecified atom stereocenters. The highest BCUT2D eigenvalue weighted by Crippen LogP contribution is 2.21. The zero-order valence-corrected chi connectivity index (χ0v) is 20.0. The Morgan fingerprint density at radius 3 is 2.48 bits per heavy atom. The molecule has 5 nitrogen and oxygen atoms in total. The summed E-state index contributed by atoms with van der Waals surface area (Å²) in [6.45, 7) is 4.84.